The number of ether oxygens (including phenoxy) is 4. The molecule has 0 saturated heterocycles. The van der Waals surface area contributed by atoms with Gasteiger partial charge >= 0.3 is 0 Å². The smallest absolute Gasteiger partial charge is 0.132 e. The van der Waals surface area contributed by atoms with Gasteiger partial charge in [0, 0.05) is 33.8 Å². The van der Waals surface area contributed by atoms with Gasteiger partial charge in [0.1, 0.15) is 28.8 Å². The summed E-state index contributed by atoms with van der Waals surface area (Å²) in [7, 11) is 6.35. The molecule has 0 aliphatic heterocycles. The second-order valence-electron chi connectivity index (χ2n) is 7.41. The van der Waals surface area contributed by atoms with Crippen molar-refractivity contribution in [2.45, 2.75) is 6.54 Å². The van der Waals surface area contributed by atoms with Crippen molar-refractivity contribution in [2.75, 3.05) is 28.4 Å². The Morgan fingerprint density at radius 2 is 1.41 bits per heavy atom. The van der Waals surface area contributed by atoms with E-state index in [-0.39, 0.29) is 6.54 Å². The molecule has 0 aliphatic carbocycles. The first-order chi connectivity index (χ1) is 16.5. The molecular weight excluding hydrogens is 459 g/mol. The minimum Gasteiger partial charge on any atom is -0.497 e. The lowest BCUT2D eigenvalue weighted by atomic mass is 10.1. The van der Waals surface area contributed by atoms with E-state index in [0.29, 0.717) is 45.0 Å². The van der Waals surface area contributed by atoms with Crippen LogP contribution in [0.3, 0.4) is 0 Å². The third kappa shape index (κ3) is 4.52. The average molecular weight is 483 g/mol. The molecule has 6 nitrogen and oxygen atoms in total. The standard InChI is InChI=1S/C26H24ClFN2O4/c1-31-16-8-10-18(25(12-16)33-3)23-14-24(19-11-9-17(32-2)13-26(19)34-4)30(29-23)15-20-21(27)6-5-7-22(20)28/h5-14H,15H2,1-4H3. The van der Waals surface area contributed by atoms with Crippen LogP contribution in [0.15, 0.2) is 60.7 Å². The van der Waals surface area contributed by atoms with Gasteiger partial charge in [0.2, 0.25) is 0 Å². The number of benzene rings is 3. The number of hydrogen-bond acceptors (Lipinski definition) is 5. The van der Waals surface area contributed by atoms with Crippen LogP contribution < -0.4 is 18.9 Å². The number of methoxy groups -OCH3 is 4. The molecule has 176 valence electrons. The zero-order valence-electron chi connectivity index (χ0n) is 19.3. The average Bonchev–Trinajstić information content (AvgIpc) is 3.28. The number of aromatic nitrogens is 2. The normalized spacial score (nSPS) is 10.8. The lowest BCUT2D eigenvalue weighted by molar-refractivity contribution is 0.395. The molecule has 1 heterocycles. The first-order valence-corrected chi connectivity index (χ1v) is 10.8. The molecule has 0 bridgehead atoms. The van der Waals surface area contributed by atoms with E-state index >= 15 is 0 Å². The third-order valence-corrected chi connectivity index (χ3v) is 5.87. The van der Waals surface area contributed by atoms with Gasteiger partial charge in [-0.05, 0) is 42.5 Å². The number of rotatable bonds is 8. The highest BCUT2D eigenvalue weighted by Gasteiger charge is 2.20. The van der Waals surface area contributed by atoms with E-state index in [1.165, 1.54) is 6.07 Å². The summed E-state index contributed by atoms with van der Waals surface area (Å²) in [6.07, 6.45) is 0. The Morgan fingerprint density at radius 1 is 0.794 bits per heavy atom. The molecule has 0 fully saturated rings. The van der Waals surface area contributed by atoms with Crippen LogP contribution in [-0.2, 0) is 6.54 Å². The van der Waals surface area contributed by atoms with Gasteiger partial charge in [-0.15, -0.1) is 0 Å². The van der Waals surface area contributed by atoms with Crippen LogP contribution in [0.2, 0.25) is 5.02 Å². The predicted molar refractivity (Wildman–Crippen MR) is 130 cm³/mol. The molecule has 1 aromatic heterocycles. The minimum absolute atomic E-state index is 0.120. The second-order valence-corrected chi connectivity index (χ2v) is 7.81. The lowest BCUT2D eigenvalue weighted by Gasteiger charge is -2.13. The summed E-state index contributed by atoms with van der Waals surface area (Å²) in [4.78, 5) is 0. The molecular formula is C26H24ClFN2O4. The summed E-state index contributed by atoms with van der Waals surface area (Å²) < 4.78 is 38.2. The van der Waals surface area contributed by atoms with E-state index in [4.69, 9.17) is 35.6 Å². The predicted octanol–water partition coefficient (Wildman–Crippen LogP) is 6.09. The van der Waals surface area contributed by atoms with Crippen LogP contribution in [-0.4, -0.2) is 38.2 Å². The van der Waals surface area contributed by atoms with Crippen molar-refractivity contribution in [3.63, 3.8) is 0 Å². The summed E-state index contributed by atoms with van der Waals surface area (Å²) in [5, 5.41) is 5.13. The minimum atomic E-state index is -0.403. The molecule has 4 aromatic rings. The number of nitrogens with zero attached hydrogens (tertiary/aromatic N) is 2. The molecule has 4 rings (SSSR count). The molecule has 0 N–H and O–H groups in total. The van der Waals surface area contributed by atoms with Crippen molar-refractivity contribution in [3.05, 3.63) is 77.1 Å². The maximum absolute atomic E-state index is 14.6. The summed E-state index contributed by atoms with van der Waals surface area (Å²) in [6, 6.07) is 17.5. The summed E-state index contributed by atoms with van der Waals surface area (Å²) in [6.45, 7) is 0.120. The van der Waals surface area contributed by atoms with Crippen LogP contribution >= 0.6 is 11.6 Å². The van der Waals surface area contributed by atoms with E-state index in [2.05, 4.69) is 0 Å². The lowest BCUT2D eigenvalue weighted by Crippen LogP contribution is -2.07. The quantitative estimate of drug-likeness (QED) is 0.304. The van der Waals surface area contributed by atoms with Crippen molar-refractivity contribution >= 4 is 11.6 Å². The first kappa shape index (κ1) is 23.4. The molecule has 0 unspecified atom stereocenters. The highest BCUT2D eigenvalue weighted by molar-refractivity contribution is 6.31. The van der Waals surface area contributed by atoms with Gasteiger partial charge in [0.05, 0.1) is 46.4 Å². The van der Waals surface area contributed by atoms with Gasteiger partial charge in [0.15, 0.2) is 0 Å². The molecule has 3 aromatic carbocycles. The van der Waals surface area contributed by atoms with Gasteiger partial charge in [-0.25, -0.2) is 4.39 Å². The fraction of sp³-hybridized carbons (Fsp3) is 0.192. The van der Waals surface area contributed by atoms with E-state index in [9.17, 15) is 4.39 Å². The first-order valence-electron chi connectivity index (χ1n) is 10.4. The zero-order valence-corrected chi connectivity index (χ0v) is 20.0. The van der Waals surface area contributed by atoms with E-state index in [0.717, 1.165) is 11.1 Å². The Morgan fingerprint density at radius 3 is 2.00 bits per heavy atom. The van der Waals surface area contributed by atoms with Crippen molar-refractivity contribution in [1.29, 1.82) is 0 Å². The maximum atomic E-state index is 14.6. The zero-order chi connectivity index (χ0) is 24.2. The monoisotopic (exact) mass is 482 g/mol. The number of hydrogen-bond donors (Lipinski definition) is 0. The third-order valence-electron chi connectivity index (χ3n) is 5.52. The highest BCUT2D eigenvalue weighted by Crippen LogP contribution is 2.39. The SMILES string of the molecule is COc1ccc(-c2cc(-c3ccc(OC)cc3OC)n(Cc3c(F)cccc3Cl)n2)c(OC)c1. The van der Waals surface area contributed by atoms with Crippen LogP contribution in [0.4, 0.5) is 4.39 Å². The molecule has 0 saturated carbocycles. The fourth-order valence-corrected chi connectivity index (χ4v) is 3.96. The van der Waals surface area contributed by atoms with Crippen LogP contribution in [0.5, 0.6) is 23.0 Å². The fourth-order valence-electron chi connectivity index (χ4n) is 3.74. The van der Waals surface area contributed by atoms with Gasteiger partial charge in [-0.2, -0.15) is 5.10 Å². The molecule has 0 atom stereocenters. The van der Waals surface area contributed by atoms with Crippen LogP contribution in [0, 0.1) is 5.82 Å². The second kappa shape index (κ2) is 10.1. The van der Waals surface area contributed by atoms with Crippen LogP contribution in [0.25, 0.3) is 22.5 Å². The van der Waals surface area contributed by atoms with Gasteiger partial charge in [-0.1, -0.05) is 17.7 Å². The molecule has 8 heteroatoms. The van der Waals surface area contributed by atoms with E-state index < -0.39 is 5.82 Å². The summed E-state index contributed by atoms with van der Waals surface area (Å²) >= 11 is 6.32. The Balaban J connectivity index is 1.91. The largest absolute Gasteiger partial charge is 0.497 e. The van der Waals surface area contributed by atoms with Gasteiger partial charge in [-0.3, -0.25) is 4.68 Å². The topological polar surface area (TPSA) is 54.7 Å². The summed E-state index contributed by atoms with van der Waals surface area (Å²) in [5.41, 5.74) is 3.22. The Hall–Kier alpha value is -3.71. The van der Waals surface area contributed by atoms with E-state index in [1.807, 2.05) is 30.3 Å². The molecule has 34 heavy (non-hydrogen) atoms. The maximum Gasteiger partial charge on any atom is 0.132 e. The summed E-state index contributed by atoms with van der Waals surface area (Å²) in [5.74, 6) is 2.10. The van der Waals surface area contributed by atoms with Crippen molar-refractivity contribution in [2.24, 2.45) is 0 Å². The molecule has 0 amide bonds. The number of halogens is 2. The van der Waals surface area contributed by atoms with Gasteiger partial charge < -0.3 is 18.9 Å². The van der Waals surface area contributed by atoms with Gasteiger partial charge in [0.25, 0.3) is 0 Å². The highest BCUT2D eigenvalue weighted by atomic mass is 35.5. The van der Waals surface area contributed by atoms with Crippen molar-refractivity contribution in [3.8, 4) is 45.5 Å². The Kier molecular flexibility index (Phi) is 6.93. The van der Waals surface area contributed by atoms with Crippen molar-refractivity contribution in [1.82, 2.24) is 9.78 Å². The van der Waals surface area contributed by atoms with E-state index in [1.54, 1.807) is 57.4 Å². The Labute approximate surface area is 202 Å². The van der Waals surface area contributed by atoms with Crippen LogP contribution in [0.1, 0.15) is 5.56 Å². The molecule has 0 aliphatic rings. The van der Waals surface area contributed by atoms with Crippen molar-refractivity contribution < 1.29 is 23.3 Å². The molecule has 0 radical (unpaired) electrons. The Bertz CT molecular complexity index is 1300. The molecule has 0 spiro atoms.